The van der Waals surface area contributed by atoms with Crippen LogP contribution in [0.3, 0.4) is 0 Å². The van der Waals surface area contributed by atoms with Crippen molar-refractivity contribution in [2.45, 2.75) is 6.92 Å². The van der Waals surface area contributed by atoms with Gasteiger partial charge in [0.1, 0.15) is 17.3 Å². The van der Waals surface area contributed by atoms with Crippen LogP contribution >= 0.6 is 11.6 Å². The van der Waals surface area contributed by atoms with Crippen molar-refractivity contribution in [3.8, 4) is 0 Å². The lowest BCUT2D eigenvalue weighted by molar-refractivity contribution is 0.102. The molecule has 108 valence electrons. The first-order valence-electron chi connectivity index (χ1n) is 6.36. The molecule has 0 aliphatic rings. The number of carbonyl (C=O) groups excluding carboxylic acids is 1. The normalized spacial score (nSPS) is 10.0. The Bertz CT molecular complexity index is 672. The third-order valence-corrected chi connectivity index (χ3v) is 2.82. The number of nitrogens with one attached hydrogen (secondary N) is 2. The molecule has 0 saturated heterocycles. The highest BCUT2D eigenvalue weighted by atomic mass is 35.5. The zero-order chi connectivity index (χ0) is 15.2. The molecule has 0 fully saturated rings. The van der Waals surface area contributed by atoms with Crippen LogP contribution in [0.15, 0.2) is 43.0 Å². The lowest BCUT2D eigenvalue weighted by Crippen LogP contribution is -2.15. The molecule has 1 aromatic carbocycles. The van der Waals surface area contributed by atoms with Crippen LogP contribution in [0.25, 0.3) is 0 Å². The Hall–Kier alpha value is -2.40. The molecule has 0 radical (unpaired) electrons. The highest BCUT2D eigenvalue weighted by Gasteiger charge is 2.11. The van der Waals surface area contributed by atoms with Crippen LogP contribution in [-0.2, 0) is 0 Å². The van der Waals surface area contributed by atoms with Crippen molar-refractivity contribution in [1.82, 2.24) is 9.97 Å². The van der Waals surface area contributed by atoms with Crippen molar-refractivity contribution in [3.63, 3.8) is 0 Å². The number of anilines is 2. The SMILES string of the molecule is C=CCNc1cc(C(=O)Nc2cccc(Cl)c2)nc(C)n1. The fourth-order valence-electron chi connectivity index (χ4n) is 1.71. The topological polar surface area (TPSA) is 66.9 Å². The van der Waals surface area contributed by atoms with E-state index in [2.05, 4.69) is 27.2 Å². The van der Waals surface area contributed by atoms with E-state index in [1.54, 1.807) is 43.3 Å². The monoisotopic (exact) mass is 302 g/mol. The third-order valence-electron chi connectivity index (χ3n) is 2.58. The third kappa shape index (κ3) is 4.29. The number of rotatable bonds is 5. The molecular weight excluding hydrogens is 288 g/mol. The van der Waals surface area contributed by atoms with Crippen molar-refractivity contribution >= 4 is 29.0 Å². The Balaban J connectivity index is 2.18. The second-order valence-electron chi connectivity index (χ2n) is 4.32. The first-order valence-corrected chi connectivity index (χ1v) is 6.73. The first-order chi connectivity index (χ1) is 10.1. The van der Waals surface area contributed by atoms with E-state index >= 15 is 0 Å². The van der Waals surface area contributed by atoms with Gasteiger partial charge in [-0.1, -0.05) is 23.7 Å². The van der Waals surface area contributed by atoms with Gasteiger partial charge < -0.3 is 10.6 Å². The molecule has 0 bridgehead atoms. The second kappa shape index (κ2) is 6.85. The largest absolute Gasteiger partial charge is 0.366 e. The number of hydrogen-bond acceptors (Lipinski definition) is 4. The summed E-state index contributed by atoms with van der Waals surface area (Å²) in [5.74, 6) is 0.781. The van der Waals surface area contributed by atoms with Gasteiger partial charge in [-0.05, 0) is 25.1 Å². The summed E-state index contributed by atoms with van der Waals surface area (Å²) in [7, 11) is 0. The van der Waals surface area contributed by atoms with Crippen LogP contribution in [0.2, 0.25) is 5.02 Å². The standard InChI is InChI=1S/C15H15ClN4O/c1-3-7-17-14-9-13(18-10(2)19-14)15(21)20-12-6-4-5-11(16)8-12/h3-6,8-9H,1,7H2,2H3,(H,20,21)(H,17,18,19). The van der Waals surface area contributed by atoms with Crippen LogP contribution in [0.1, 0.15) is 16.3 Å². The van der Waals surface area contributed by atoms with Gasteiger partial charge in [0.05, 0.1) is 0 Å². The van der Waals surface area contributed by atoms with Gasteiger partial charge in [0, 0.05) is 23.3 Å². The van der Waals surface area contributed by atoms with Gasteiger partial charge in [0.2, 0.25) is 0 Å². The van der Waals surface area contributed by atoms with Crippen LogP contribution in [0, 0.1) is 6.92 Å². The number of amides is 1. The van der Waals surface area contributed by atoms with E-state index in [0.717, 1.165) is 0 Å². The number of carbonyl (C=O) groups is 1. The smallest absolute Gasteiger partial charge is 0.274 e. The number of aryl methyl sites for hydroxylation is 1. The molecule has 0 aliphatic carbocycles. The predicted molar refractivity (Wildman–Crippen MR) is 84.9 cm³/mol. The zero-order valence-corrected chi connectivity index (χ0v) is 12.3. The van der Waals surface area contributed by atoms with Gasteiger partial charge >= 0.3 is 0 Å². The Labute approximate surface area is 128 Å². The average molecular weight is 303 g/mol. The predicted octanol–water partition coefficient (Wildman–Crippen LogP) is 3.29. The lowest BCUT2D eigenvalue weighted by atomic mass is 10.3. The van der Waals surface area contributed by atoms with Gasteiger partial charge in [0.15, 0.2) is 0 Å². The van der Waals surface area contributed by atoms with Crippen molar-refractivity contribution < 1.29 is 4.79 Å². The number of halogens is 1. The van der Waals surface area contributed by atoms with E-state index < -0.39 is 0 Å². The van der Waals surface area contributed by atoms with Crippen molar-refractivity contribution in [3.05, 3.63) is 59.5 Å². The maximum absolute atomic E-state index is 12.2. The zero-order valence-electron chi connectivity index (χ0n) is 11.6. The van der Waals surface area contributed by atoms with Gasteiger partial charge in [-0.25, -0.2) is 9.97 Å². The molecule has 5 nitrogen and oxygen atoms in total. The molecule has 21 heavy (non-hydrogen) atoms. The maximum atomic E-state index is 12.2. The van der Waals surface area contributed by atoms with E-state index in [9.17, 15) is 4.79 Å². The summed E-state index contributed by atoms with van der Waals surface area (Å²) in [6.45, 7) is 5.91. The fourth-order valence-corrected chi connectivity index (χ4v) is 1.90. The van der Waals surface area contributed by atoms with Crippen LogP contribution in [0.5, 0.6) is 0 Å². The van der Waals surface area contributed by atoms with Gasteiger partial charge in [-0.2, -0.15) is 0 Å². The van der Waals surface area contributed by atoms with Gasteiger partial charge in [0.25, 0.3) is 5.91 Å². The minimum atomic E-state index is -0.315. The molecule has 1 amide bonds. The lowest BCUT2D eigenvalue weighted by Gasteiger charge is -2.08. The Kier molecular flexibility index (Phi) is 4.90. The minimum absolute atomic E-state index is 0.286. The molecule has 1 aromatic heterocycles. The van der Waals surface area contributed by atoms with E-state index in [-0.39, 0.29) is 11.6 Å². The van der Waals surface area contributed by atoms with Crippen LogP contribution < -0.4 is 10.6 Å². The molecule has 1 heterocycles. The molecule has 0 saturated carbocycles. The van der Waals surface area contributed by atoms with E-state index in [4.69, 9.17) is 11.6 Å². The summed E-state index contributed by atoms with van der Waals surface area (Å²) in [6.07, 6.45) is 1.71. The Morgan fingerprint density at radius 1 is 1.38 bits per heavy atom. The van der Waals surface area contributed by atoms with Gasteiger partial charge in [-0.3, -0.25) is 4.79 Å². The molecule has 2 aromatic rings. The minimum Gasteiger partial charge on any atom is -0.366 e. The van der Waals surface area contributed by atoms with E-state index in [0.29, 0.717) is 28.9 Å². The number of hydrogen-bond donors (Lipinski definition) is 2. The molecule has 0 unspecified atom stereocenters. The molecule has 6 heteroatoms. The number of nitrogens with zero attached hydrogens (tertiary/aromatic N) is 2. The molecular formula is C15H15ClN4O. The summed E-state index contributed by atoms with van der Waals surface area (Å²) in [5, 5.41) is 6.34. The van der Waals surface area contributed by atoms with Crippen molar-refractivity contribution in [2.75, 3.05) is 17.2 Å². The summed E-state index contributed by atoms with van der Waals surface area (Å²) < 4.78 is 0. The maximum Gasteiger partial charge on any atom is 0.274 e. The summed E-state index contributed by atoms with van der Waals surface area (Å²) in [4.78, 5) is 20.6. The molecule has 2 N–H and O–H groups in total. The van der Waals surface area contributed by atoms with Gasteiger partial charge in [-0.15, -0.1) is 6.58 Å². The summed E-state index contributed by atoms with van der Waals surface area (Å²) in [6, 6.07) is 8.53. The second-order valence-corrected chi connectivity index (χ2v) is 4.76. The Morgan fingerprint density at radius 3 is 2.90 bits per heavy atom. The molecule has 0 atom stereocenters. The fraction of sp³-hybridized carbons (Fsp3) is 0.133. The first kappa shape index (κ1) is 15.0. The van der Waals surface area contributed by atoms with Crippen LogP contribution in [-0.4, -0.2) is 22.4 Å². The van der Waals surface area contributed by atoms with Crippen molar-refractivity contribution in [2.24, 2.45) is 0 Å². The molecule has 0 aliphatic heterocycles. The van der Waals surface area contributed by atoms with Crippen molar-refractivity contribution in [1.29, 1.82) is 0 Å². The number of aromatic nitrogens is 2. The number of benzene rings is 1. The molecule has 0 spiro atoms. The molecule has 2 rings (SSSR count). The summed E-state index contributed by atoms with van der Waals surface area (Å²) >= 11 is 5.89. The highest BCUT2D eigenvalue weighted by molar-refractivity contribution is 6.30. The quantitative estimate of drug-likeness (QED) is 0.832. The average Bonchev–Trinajstić information content (AvgIpc) is 2.44. The van der Waals surface area contributed by atoms with E-state index in [1.165, 1.54) is 0 Å². The highest BCUT2D eigenvalue weighted by Crippen LogP contribution is 2.16. The Morgan fingerprint density at radius 2 is 2.19 bits per heavy atom. The summed E-state index contributed by atoms with van der Waals surface area (Å²) in [5.41, 5.74) is 0.901. The van der Waals surface area contributed by atoms with Crippen LogP contribution in [0.4, 0.5) is 11.5 Å². The van der Waals surface area contributed by atoms with E-state index in [1.807, 2.05) is 0 Å².